The second-order valence-corrected chi connectivity index (χ2v) is 12.2. The van der Waals surface area contributed by atoms with E-state index in [9.17, 15) is 5.11 Å². The van der Waals surface area contributed by atoms with Gasteiger partial charge in [-0.2, -0.15) is 5.10 Å². The average Bonchev–Trinajstić information content (AvgIpc) is 3.53. The van der Waals surface area contributed by atoms with Crippen LogP contribution in [0.15, 0.2) is 76.4 Å². The normalized spacial score (nSPS) is 30.7. The van der Waals surface area contributed by atoms with Gasteiger partial charge in [0.25, 0.3) is 0 Å². The molecule has 0 amide bonds. The van der Waals surface area contributed by atoms with Gasteiger partial charge in [0.05, 0.1) is 5.71 Å². The number of aromatic amines is 1. The number of allylic oxidation sites excluding steroid dienone is 2. The van der Waals surface area contributed by atoms with E-state index in [0.29, 0.717) is 5.92 Å². The van der Waals surface area contributed by atoms with Crippen molar-refractivity contribution >= 4 is 11.4 Å². The van der Waals surface area contributed by atoms with Crippen molar-refractivity contribution in [2.45, 2.75) is 69.1 Å². The van der Waals surface area contributed by atoms with Crippen molar-refractivity contribution in [2.24, 2.45) is 21.8 Å². The first-order valence-corrected chi connectivity index (χ1v) is 15.5. The molecule has 0 spiro atoms. The lowest BCUT2D eigenvalue weighted by Gasteiger charge is -2.40. The number of aliphatic hydroxyl groups excluding tert-OH is 1. The minimum Gasteiger partial charge on any atom is -0.372 e. The van der Waals surface area contributed by atoms with Crippen LogP contribution >= 0.6 is 0 Å². The summed E-state index contributed by atoms with van der Waals surface area (Å²) in [6.45, 7) is 4.03. The number of aromatic nitrogens is 3. The summed E-state index contributed by atoms with van der Waals surface area (Å²) in [5.41, 5.74) is 5.00. The molecule has 4 aliphatic heterocycles. The second-order valence-electron chi connectivity index (χ2n) is 12.2. The van der Waals surface area contributed by atoms with Gasteiger partial charge in [0.1, 0.15) is 18.1 Å². The number of hydrogen-bond donors (Lipinski definition) is 3. The van der Waals surface area contributed by atoms with Gasteiger partial charge in [-0.05, 0) is 75.4 Å². The molecule has 2 aromatic rings. The van der Waals surface area contributed by atoms with Crippen LogP contribution < -0.4 is 5.32 Å². The molecule has 3 N–H and O–H groups in total. The zero-order chi connectivity index (χ0) is 27.6. The van der Waals surface area contributed by atoms with Gasteiger partial charge in [-0.3, -0.25) is 20.0 Å². The van der Waals surface area contributed by atoms with Crippen LogP contribution in [0.5, 0.6) is 0 Å². The molecule has 1 aromatic carbocycles. The molecule has 1 aromatic heterocycles. The van der Waals surface area contributed by atoms with Gasteiger partial charge in [0.2, 0.25) is 0 Å². The van der Waals surface area contributed by atoms with Crippen LogP contribution in [-0.4, -0.2) is 75.1 Å². The molecule has 1 saturated heterocycles. The largest absolute Gasteiger partial charge is 0.372 e. The van der Waals surface area contributed by atoms with Crippen molar-refractivity contribution in [3.05, 3.63) is 83.6 Å². The third kappa shape index (κ3) is 5.72. The molecule has 7 rings (SSSR count). The van der Waals surface area contributed by atoms with Crippen LogP contribution in [0, 0.1) is 11.8 Å². The van der Waals surface area contributed by atoms with Gasteiger partial charge < -0.3 is 10.4 Å². The van der Waals surface area contributed by atoms with E-state index in [-0.39, 0.29) is 23.8 Å². The highest BCUT2D eigenvalue weighted by molar-refractivity contribution is 5.97. The molecule has 41 heavy (non-hydrogen) atoms. The number of hydrogen-bond acceptors (Lipinski definition) is 7. The van der Waals surface area contributed by atoms with E-state index in [2.05, 4.69) is 80.0 Å². The average molecular weight is 552 g/mol. The highest BCUT2D eigenvalue weighted by Gasteiger charge is 2.39. The summed E-state index contributed by atoms with van der Waals surface area (Å²) in [4.78, 5) is 17.3. The fourth-order valence-electron chi connectivity index (χ4n) is 7.20. The van der Waals surface area contributed by atoms with Crippen LogP contribution in [0.3, 0.4) is 0 Å². The van der Waals surface area contributed by atoms with Gasteiger partial charge in [-0.1, -0.05) is 54.6 Å². The molecule has 5 aliphatic rings. The first-order valence-electron chi connectivity index (χ1n) is 15.5. The van der Waals surface area contributed by atoms with Crippen molar-refractivity contribution in [2.75, 3.05) is 26.2 Å². The summed E-state index contributed by atoms with van der Waals surface area (Å²) in [5, 5.41) is 21.4. The molecule has 8 heteroatoms. The Kier molecular flexibility index (Phi) is 7.68. The zero-order valence-electron chi connectivity index (χ0n) is 23.7. The summed E-state index contributed by atoms with van der Waals surface area (Å²) >= 11 is 0. The molecule has 1 aliphatic carbocycles. The van der Waals surface area contributed by atoms with Gasteiger partial charge in [0.15, 0.2) is 5.82 Å². The SMILES string of the molecule is OC1NC=CC2CC(c3ccccc3)C(C3C=CC(CN4CCC(c5nc(C6=NCCCC6)n[nH]5)CC4)=CC3)=NC21. The van der Waals surface area contributed by atoms with Crippen LogP contribution in [0.4, 0.5) is 0 Å². The molecule has 5 unspecified atom stereocenters. The zero-order valence-corrected chi connectivity index (χ0v) is 23.7. The summed E-state index contributed by atoms with van der Waals surface area (Å²) in [5.74, 6) is 3.09. The van der Waals surface area contributed by atoms with Crippen LogP contribution in [0.1, 0.15) is 74.0 Å². The maximum atomic E-state index is 10.6. The number of aliphatic hydroxyl groups is 1. The Hall–Kier alpha value is -3.36. The van der Waals surface area contributed by atoms with E-state index in [1.165, 1.54) is 29.7 Å². The number of fused-ring (bicyclic) bond motifs is 1. The first-order chi connectivity index (χ1) is 20.2. The Morgan fingerprint density at radius 1 is 1.05 bits per heavy atom. The lowest BCUT2D eigenvalue weighted by molar-refractivity contribution is 0.0942. The number of H-pyrrole nitrogens is 1. The first kappa shape index (κ1) is 26.5. The smallest absolute Gasteiger partial charge is 0.195 e. The van der Waals surface area contributed by atoms with Gasteiger partial charge in [0, 0.05) is 42.5 Å². The molecular weight excluding hydrogens is 510 g/mol. The Labute approximate surface area is 242 Å². The predicted octanol–water partition coefficient (Wildman–Crippen LogP) is 4.51. The Morgan fingerprint density at radius 3 is 2.71 bits per heavy atom. The van der Waals surface area contributed by atoms with Gasteiger partial charge >= 0.3 is 0 Å². The molecule has 214 valence electrons. The lowest BCUT2D eigenvalue weighted by Crippen LogP contribution is -2.47. The number of nitrogens with one attached hydrogen (secondary N) is 2. The van der Waals surface area contributed by atoms with E-state index < -0.39 is 6.23 Å². The summed E-state index contributed by atoms with van der Waals surface area (Å²) < 4.78 is 0. The van der Waals surface area contributed by atoms with E-state index in [1.54, 1.807) is 0 Å². The maximum Gasteiger partial charge on any atom is 0.195 e. The lowest BCUT2D eigenvalue weighted by atomic mass is 9.73. The van der Waals surface area contributed by atoms with Crippen molar-refractivity contribution in [3.63, 3.8) is 0 Å². The number of rotatable bonds is 6. The van der Waals surface area contributed by atoms with Crippen LogP contribution in [0.2, 0.25) is 0 Å². The van der Waals surface area contributed by atoms with Crippen molar-refractivity contribution < 1.29 is 5.11 Å². The van der Waals surface area contributed by atoms with Crippen molar-refractivity contribution in [1.29, 1.82) is 0 Å². The third-order valence-corrected chi connectivity index (χ3v) is 9.56. The summed E-state index contributed by atoms with van der Waals surface area (Å²) in [6, 6.07) is 10.7. The number of piperidine rings is 1. The topological polar surface area (TPSA) is 102 Å². The molecule has 0 bridgehead atoms. The van der Waals surface area contributed by atoms with E-state index in [1.807, 2.05) is 6.20 Å². The minimum absolute atomic E-state index is 0.119. The molecule has 1 fully saturated rings. The highest BCUT2D eigenvalue weighted by Crippen LogP contribution is 2.39. The maximum absolute atomic E-state index is 10.6. The second kappa shape index (κ2) is 11.9. The summed E-state index contributed by atoms with van der Waals surface area (Å²) in [6.07, 6.45) is 18.1. The van der Waals surface area contributed by atoms with E-state index in [0.717, 1.165) is 75.6 Å². The molecule has 5 heterocycles. The Bertz CT molecular complexity index is 1360. The standard InChI is InChI=1S/C33H41N7O/c41-33-30-26(13-17-35-33)20-27(23-6-2-1-3-7-23)29(36-30)24-11-9-22(10-12-24)21-40-18-14-25(15-19-40)31-37-32(39-38-31)28-8-4-5-16-34-28/h1-3,6-7,9-11,13,17,24-27,30,33,35,41H,4-5,8,12,14-16,18-21H2,(H,37,38,39). The molecule has 5 atom stereocenters. The number of benzene rings is 1. The molecule has 8 nitrogen and oxygen atoms in total. The van der Waals surface area contributed by atoms with Crippen LogP contribution in [0.25, 0.3) is 0 Å². The van der Waals surface area contributed by atoms with Crippen molar-refractivity contribution in [1.82, 2.24) is 25.4 Å². The van der Waals surface area contributed by atoms with E-state index in [4.69, 9.17) is 9.98 Å². The number of nitrogens with zero attached hydrogens (tertiary/aromatic N) is 5. The number of aliphatic imine (C=N–C) groups is 2. The predicted molar refractivity (Wildman–Crippen MR) is 162 cm³/mol. The Morgan fingerprint density at radius 2 is 1.93 bits per heavy atom. The number of likely N-dealkylation sites (tertiary alicyclic amines) is 1. The quantitative estimate of drug-likeness (QED) is 0.491. The molecular formula is C33H41N7O. The minimum atomic E-state index is -0.622. The Balaban J connectivity index is 0.974. The third-order valence-electron chi connectivity index (χ3n) is 9.56. The van der Waals surface area contributed by atoms with Crippen molar-refractivity contribution in [3.8, 4) is 0 Å². The summed E-state index contributed by atoms with van der Waals surface area (Å²) in [7, 11) is 0. The molecule has 0 saturated carbocycles. The fraction of sp³-hybridized carbons (Fsp3) is 0.515. The monoisotopic (exact) mass is 551 g/mol. The van der Waals surface area contributed by atoms with Crippen LogP contribution in [-0.2, 0) is 0 Å². The van der Waals surface area contributed by atoms with Gasteiger partial charge in [-0.25, -0.2) is 4.98 Å². The molecule has 0 radical (unpaired) electrons. The highest BCUT2D eigenvalue weighted by atomic mass is 16.3. The van der Waals surface area contributed by atoms with Gasteiger partial charge in [-0.15, -0.1) is 0 Å². The fourth-order valence-corrected chi connectivity index (χ4v) is 7.20. The van der Waals surface area contributed by atoms with E-state index >= 15 is 0 Å².